The molecule has 5 rings (SSSR count). The highest BCUT2D eigenvalue weighted by molar-refractivity contribution is 7.92. The minimum absolute atomic E-state index is 0.0138. The molecule has 3 atom stereocenters. The summed E-state index contributed by atoms with van der Waals surface area (Å²) in [6, 6.07) is 12.2. The van der Waals surface area contributed by atoms with Gasteiger partial charge in [0.15, 0.2) is 5.82 Å². The van der Waals surface area contributed by atoms with Crippen LogP contribution in [0.15, 0.2) is 48.5 Å². The summed E-state index contributed by atoms with van der Waals surface area (Å²) in [5.74, 6) is -0.803. The van der Waals surface area contributed by atoms with Gasteiger partial charge in [0.2, 0.25) is 0 Å². The summed E-state index contributed by atoms with van der Waals surface area (Å²) in [6.07, 6.45) is 3.19. The van der Waals surface area contributed by atoms with E-state index in [9.17, 15) is 18.0 Å². The summed E-state index contributed by atoms with van der Waals surface area (Å²) in [5, 5.41) is 0. The number of hydrogen-bond acceptors (Lipinski definition) is 6. The van der Waals surface area contributed by atoms with Crippen LogP contribution in [-0.4, -0.2) is 50.6 Å². The maximum atomic E-state index is 15.8. The Kier molecular flexibility index (Phi) is 6.58. The molecule has 1 unspecified atom stereocenters. The van der Waals surface area contributed by atoms with E-state index in [4.69, 9.17) is 9.47 Å². The van der Waals surface area contributed by atoms with Crippen LogP contribution in [0.1, 0.15) is 31.9 Å². The number of carbonyl (C=O) groups excluding carboxylic acids is 2. The van der Waals surface area contributed by atoms with E-state index < -0.39 is 34.1 Å². The molecule has 2 aromatic carbocycles. The number of nitrogens with zero attached hydrogens (tertiary/aromatic N) is 2. The van der Waals surface area contributed by atoms with Crippen LogP contribution in [0.25, 0.3) is 6.08 Å². The first-order valence-electron chi connectivity index (χ1n) is 12.4. The van der Waals surface area contributed by atoms with Crippen molar-refractivity contribution >= 4 is 34.0 Å². The monoisotopic (exact) mass is 543 g/mol. The van der Waals surface area contributed by atoms with Gasteiger partial charge >= 0.3 is 16.3 Å². The van der Waals surface area contributed by atoms with Gasteiger partial charge in [0.1, 0.15) is 30.2 Å². The molecular formula is C27H30FN3O6S. The average molecular weight is 544 g/mol. The fourth-order valence-corrected chi connectivity index (χ4v) is 6.13. The molecule has 3 fully saturated rings. The van der Waals surface area contributed by atoms with Gasteiger partial charge in [-0.2, -0.15) is 8.42 Å². The van der Waals surface area contributed by atoms with Gasteiger partial charge in [-0.1, -0.05) is 42.5 Å². The van der Waals surface area contributed by atoms with Crippen LogP contribution in [0.4, 0.5) is 14.9 Å². The smallest absolute Gasteiger partial charge is 0.410 e. The number of nitrogens with one attached hydrogen (secondary N) is 1. The number of ether oxygens (including phenoxy) is 2. The molecule has 2 aromatic rings. The third-order valence-electron chi connectivity index (χ3n) is 6.83. The Morgan fingerprint density at radius 2 is 1.82 bits per heavy atom. The molecular weight excluding hydrogens is 513 g/mol. The van der Waals surface area contributed by atoms with E-state index in [1.165, 1.54) is 12.1 Å². The number of likely N-dealkylation sites (tertiary alicyclic amines) is 1. The largest absolute Gasteiger partial charge is 0.487 e. The lowest BCUT2D eigenvalue weighted by molar-refractivity contribution is -0.117. The standard InChI is InChI=1S/C27H30FN3O6S/c1-27(2,3)37-26(33)30-13-20-19(21(20)14-30)11-9-18-10-12-22(36-16-17-7-5-4-6-8-17)25(24(18)28)31-15-23(32)29-38(31,34)35/h4-12,19-21H,13-16H2,1-3H3,(H,29,32)/b11-9+/t19?,20-,21+. The third kappa shape index (κ3) is 5.33. The molecule has 0 aromatic heterocycles. The number of fused-ring (bicyclic) bond motifs is 1. The maximum absolute atomic E-state index is 15.8. The lowest BCUT2D eigenvalue weighted by Gasteiger charge is -2.25. The molecule has 1 saturated carbocycles. The van der Waals surface area contributed by atoms with E-state index in [2.05, 4.69) is 0 Å². The lowest BCUT2D eigenvalue weighted by atomic mass is 10.1. The molecule has 1 N–H and O–H groups in total. The number of allylic oxidation sites excluding steroid dienone is 1. The first kappa shape index (κ1) is 26.0. The molecule has 9 nitrogen and oxygen atoms in total. The molecule has 0 bridgehead atoms. The number of anilines is 1. The van der Waals surface area contributed by atoms with Gasteiger partial charge in [-0.15, -0.1) is 0 Å². The van der Waals surface area contributed by atoms with E-state index in [1.54, 1.807) is 11.0 Å². The van der Waals surface area contributed by atoms with Gasteiger partial charge in [-0.25, -0.2) is 18.2 Å². The van der Waals surface area contributed by atoms with Crippen LogP contribution in [0.3, 0.4) is 0 Å². The molecule has 0 radical (unpaired) electrons. The average Bonchev–Trinajstić information content (AvgIpc) is 3.14. The SMILES string of the molecule is CC(C)(C)OC(=O)N1C[C@@H]2C(/C=C/c3ccc(OCc4ccccc4)c(N4CC(=O)NS4(=O)=O)c3F)[C@@H]2C1. The Balaban J connectivity index is 1.34. The number of rotatable bonds is 6. The summed E-state index contributed by atoms with van der Waals surface area (Å²) >= 11 is 0. The minimum atomic E-state index is -4.25. The normalized spacial score (nSPS) is 23.9. The Bertz CT molecular complexity index is 1380. The number of halogens is 1. The second-order valence-electron chi connectivity index (χ2n) is 10.8. The van der Waals surface area contributed by atoms with Gasteiger partial charge < -0.3 is 14.4 Å². The van der Waals surface area contributed by atoms with E-state index in [-0.39, 0.29) is 47.5 Å². The highest BCUT2D eigenvalue weighted by atomic mass is 32.2. The molecule has 2 amide bonds. The van der Waals surface area contributed by atoms with Gasteiger partial charge in [-0.05, 0) is 56.2 Å². The van der Waals surface area contributed by atoms with Crippen LogP contribution in [0, 0.1) is 23.6 Å². The summed E-state index contributed by atoms with van der Waals surface area (Å²) in [7, 11) is -4.25. The van der Waals surface area contributed by atoms with Gasteiger partial charge in [0.05, 0.1) is 0 Å². The first-order chi connectivity index (χ1) is 17.9. The molecule has 202 valence electrons. The van der Waals surface area contributed by atoms with Crippen molar-refractivity contribution in [3.05, 3.63) is 65.5 Å². The number of carbonyl (C=O) groups is 2. The summed E-state index contributed by atoms with van der Waals surface area (Å²) in [5.41, 5.74) is 0.129. The Labute approximate surface area is 221 Å². The molecule has 38 heavy (non-hydrogen) atoms. The van der Waals surface area contributed by atoms with Crippen LogP contribution in [0.5, 0.6) is 5.75 Å². The molecule has 2 aliphatic heterocycles. The molecule has 3 aliphatic rings. The van der Waals surface area contributed by atoms with Crippen molar-refractivity contribution in [2.45, 2.75) is 33.0 Å². The molecule has 2 saturated heterocycles. The predicted molar refractivity (Wildman–Crippen MR) is 139 cm³/mol. The van der Waals surface area contributed by atoms with E-state index in [0.717, 1.165) is 5.56 Å². The Hall–Kier alpha value is -3.60. The quantitative estimate of drug-likeness (QED) is 0.596. The maximum Gasteiger partial charge on any atom is 0.410 e. The van der Waals surface area contributed by atoms with Gasteiger partial charge in [0, 0.05) is 18.7 Å². The van der Waals surface area contributed by atoms with Crippen LogP contribution >= 0.6 is 0 Å². The number of piperidine rings is 1. The van der Waals surface area contributed by atoms with Gasteiger partial charge in [-0.3, -0.25) is 4.79 Å². The van der Waals surface area contributed by atoms with Crippen molar-refractivity contribution in [1.29, 1.82) is 0 Å². The second kappa shape index (κ2) is 9.61. The van der Waals surface area contributed by atoms with Crippen LogP contribution < -0.4 is 13.8 Å². The molecule has 11 heteroatoms. The summed E-state index contributed by atoms with van der Waals surface area (Å²) < 4.78 is 54.8. The summed E-state index contributed by atoms with van der Waals surface area (Å²) in [6.45, 7) is 6.19. The van der Waals surface area contributed by atoms with Crippen molar-refractivity contribution < 1.29 is 31.9 Å². The Morgan fingerprint density at radius 3 is 2.42 bits per heavy atom. The first-order valence-corrected chi connectivity index (χ1v) is 13.9. The highest BCUT2D eigenvalue weighted by Crippen LogP contribution is 2.53. The zero-order valence-electron chi connectivity index (χ0n) is 21.4. The van der Waals surface area contributed by atoms with E-state index in [0.29, 0.717) is 17.4 Å². The fraction of sp³-hybridized carbons (Fsp3) is 0.407. The summed E-state index contributed by atoms with van der Waals surface area (Å²) in [4.78, 5) is 25.9. The zero-order valence-corrected chi connectivity index (χ0v) is 22.2. The van der Waals surface area contributed by atoms with Crippen LogP contribution in [0.2, 0.25) is 0 Å². The Morgan fingerprint density at radius 1 is 1.13 bits per heavy atom. The number of hydrogen-bond donors (Lipinski definition) is 1. The topological polar surface area (TPSA) is 105 Å². The van der Waals surface area contributed by atoms with E-state index >= 15 is 4.39 Å². The third-order valence-corrected chi connectivity index (χ3v) is 8.20. The number of amides is 2. The second-order valence-corrected chi connectivity index (χ2v) is 12.4. The van der Waals surface area contributed by atoms with Crippen molar-refractivity contribution in [2.75, 3.05) is 23.9 Å². The molecule has 0 spiro atoms. The molecule has 1 aliphatic carbocycles. The van der Waals surface area contributed by atoms with Crippen molar-refractivity contribution in [2.24, 2.45) is 17.8 Å². The highest BCUT2D eigenvalue weighted by Gasteiger charge is 2.55. The van der Waals surface area contributed by atoms with Crippen molar-refractivity contribution in [3.63, 3.8) is 0 Å². The predicted octanol–water partition coefficient (Wildman–Crippen LogP) is 3.71. The molecule has 2 heterocycles. The van der Waals surface area contributed by atoms with Gasteiger partial charge in [0.25, 0.3) is 5.91 Å². The van der Waals surface area contributed by atoms with Crippen LogP contribution in [-0.2, 0) is 26.3 Å². The van der Waals surface area contributed by atoms with E-state index in [1.807, 2.05) is 61.9 Å². The number of benzene rings is 2. The van der Waals surface area contributed by atoms with Crippen molar-refractivity contribution in [3.8, 4) is 5.75 Å². The zero-order chi connectivity index (χ0) is 27.2. The minimum Gasteiger partial charge on any atom is -0.487 e. The lowest BCUT2D eigenvalue weighted by Crippen LogP contribution is -2.36. The fourth-order valence-electron chi connectivity index (χ4n) is 4.97. The van der Waals surface area contributed by atoms with Crippen molar-refractivity contribution in [1.82, 2.24) is 9.62 Å².